The molecule has 0 spiro atoms. The highest BCUT2D eigenvalue weighted by Crippen LogP contribution is 2.38. The molecule has 0 radical (unpaired) electrons. The second-order valence-corrected chi connectivity index (χ2v) is 5.64. The predicted octanol–water partition coefficient (Wildman–Crippen LogP) is 2.75. The third-order valence-corrected chi connectivity index (χ3v) is 4.53. The van der Waals surface area contributed by atoms with Gasteiger partial charge in [0.2, 0.25) is 0 Å². The van der Waals surface area contributed by atoms with Crippen molar-refractivity contribution in [3.05, 3.63) is 29.6 Å². The Morgan fingerprint density at radius 1 is 1.57 bits per heavy atom. The molecule has 2 atom stereocenters. The number of aryl methyl sites for hydroxylation is 1. The Balaban J connectivity index is 1.97. The van der Waals surface area contributed by atoms with E-state index in [9.17, 15) is 14.3 Å². The molecule has 1 fully saturated rings. The van der Waals surface area contributed by atoms with Crippen LogP contribution in [0.4, 0.5) is 4.39 Å². The summed E-state index contributed by atoms with van der Waals surface area (Å²) < 4.78 is 19.3. The van der Waals surface area contributed by atoms with Crippen molar-refractivity contribution in [2.24, 2.45) is 5.92 Å². The van der Waals surface area contributed by atoms with Crippen molar-refractivity contribution >= 4 is 5.97 Å². The molecule has 0 aliphatic heterocycles. The standard InChI is InChI=1S/C16H22FNO3/c1-11-5-3-7-13(14(11)17)21-10-8-12-6-4-9-16(12,18-2)15(19)20/h3,5,7,12,18H,4,6,8-10H2,1-2H3,(H,19,20). The van der Waals surface area contributed by atoms with Crippen LogP contribution in [-0.4, -0.2) is 30.3 Å². The van der Waals surface area contributed by atoms with Gasteiger partial charge in [0.25, 0.3) is 0 Å². The van der Waals surface area contributed by atoms with Gasteiger partial charge in [0.15, 0.2) is 11.6 Å². The van der Waals surface area contributed by atoms with Crippen LogP contribution in [0.15, 0.2) is 18.2 Å². The molecule has 116 valence electrons. The first kappa shape index (κ1) is 15.8. The Kier molecular flexibility index (Phi) is 4.83. The maximum atomic E-state index is 13.8. The zero-order valence-corrected chi connectivity index (χ0v) is 12.5. The van der Waals surface area contributed by atoms with E-state index in [1.807, 2.05) is 0 Å². The van der Waals surface area contributed by atoms with Gasteiger partial charge in [-0.25, -0.2) is 4.39 Å². The lowest BCUT2D eigenvalue weighted by atomic mass is 9.85. The lowest BCUT2D eigenvalue weighted by Crippen LogP contribution is -2.53. The van der Waals surface area contributed by atoms with Crippen LogP contribution in [0.25, 0.3) is 0 Å². The molecule has 21 heavy (non-hydrogen) atoms. The van der Waals surface area contributed by atoms with Gasteiger partial charge in [0.1, 0.15) is 5.54 Å². The molecule has 1 aromatic rings. The number of halogens is 1. The number of nitrogens with one attached hydrogen (secondary N) is 1. The van der Waals surface area contributed by atoms with E-state index in [1.54, 1.807) is 32.2 Å². The van der Waals surface area contributed by atoms with Crippen LogP contribution >= 0.6 is 0 Å². The van der Waals surface area contributed by atoms with Gasteiger partial charge in [-0.05, 0) is 50.8 Å². The first-order chi connectivity index (χ1) is 10.0. The Morgan fingerprint density at radius 3 is 3.00 bits per heavy atom. The monoisotopic (exact) mass is 295 g/mol. The van der Waals surface area contributed by atoms with Gasteiger partial charge in [0, 0.05) is 0 Å². The highest BCUT2D eigenvalue weighted by Gasteiger charge is 2.47. The lowest BCUT2D eigenvalue weighted by Gasteiger charge is -2.31. The summed E-state index contributed by atoms with van der Waals surface area (Å²) in [5.74, 6) is -0.914. The molecule has 1 saturated carbocycles. The number of aliphatic carboxylic acids is 1. The van der Waals surface area contributed by atoms with Crippen LogP contribution in [-0.2, 0) is 4.79 Å². The summed E-state index contributed by atoms with van der Waals surface area (Å²) in [5, 5.41) is 12.4. The van der Waals surface area contributed by atoms with Gasteiger partial charge in [-0.2, -0.15) is 0 Å². The number of carboxylic acids is 1. The maximum absolute atomic E-state index is 13.8. The zero-order valence-electron chi connectivity index (χ0n) is 12.5. The van der Waals surface area contributed by atoms with Crippen LogP contribution in [0.3, 0.4) is 0 Å². The molecule has 4 nitrogen and oxygen atoms in total. The third kappa shape index (κ3) is 3.02. The molecular formula is C16H22FNO3. The van der Waals surface area contributed by atoms with Crippen molar-refractivity contribution in [2.45, 2.75) is 38.1 Å². The van der Waals surface area contributed by atoms with E-state index in [0.29, 0.717) is 25.0 Å². The molecule has 5 heteroatoms. The molecule has 0 amide bonds. The van der Waals surface area contributed by atoms with Crippen LogP contribution in [0.1, 0.15) is 31.2 Å². The van der Waals surface area contributed by atoms with Gasteiger partial charge in [-0.15, -0.1) is 0 Å². The Bertz CT molecular complexity index is 520. The van der Waals surface area contributed by atoms with Crippen molar-refractivity contribution in [1.82, 2.24) is 5.32 Å². The number of likely N-dealkylation sites (N-methyl/N-ethyl adjacent to an activating group) is 1. The third-order valence-electron chi connectivity index (χ3n) is 4.53. The summed E-state index contributed by atoms with van der Waals surface area (Å²) in [5.41, 5.74) is -0.322. The molecule has 2 rings (SSSR count). The summed E-state index contributed by atoms with van der Waals surface area (Å²) in [4.78, 5) is 11.5. The minimum atomic E-state index is -0.867. The molecule has 1 aliphatic rings. The van der Waals surface area contributed by atoms with Crippen molar-refractivity contribution in [3.63, 3.8) is 0 Å². The molecule has 2 N–H and O–H groups in total. The van der Waals surface area contributed by atoms with Gasteiger partial charge >= 0.3 is 5.97 Å². The van der Waals surface area contributed by atoms with E-state index in [2.05, 4.69) is 5.32 Å². The molecule has 0 saturated heterocycles. The largest absolute Gasteiger partial charge is 0.490 e. The molecule has 1 aliphatic carbocycles. The average molecular weight is 295 g/mol. The van der Waals surface area contributed by atoms with Crippen LogP contribution in [0.2, 0.25) is 0 Å². The van der Waals surface area contributed by atoms with E-state index in [-0.39, 0.29) is 17.5 Å². The van der Waals surface area contributed by atoms with E-state index in [4.69, 9.17) is 4.74 Å². The number of hydrogen-bond acceptors (Lipinski definition) is 3. The summed E-state index contributed by atoms with van der Waals surface area (Å²) in [7, 11) is 1.69. The number of benzene rings is 1. The van der Waals surface area contributed by atoms with Crippen molar-refractivity contribution < 1.29 is 19.0 Å². The summed E-state index contributed by atoms with van der Waals surface area (Å²) in [6.07, 6.45) is 2.96. The second-order valence-electron chi connectivity index (χ2n) is 5.64. The zero-order chi connectivity index (χ0) is 15.5. The van der Waals surface area contributed by atoms with Crippen molar-refractivity contribution in [2.75, 3.05) is 13.7 Å². The smallest absolute Gasteiger partial charge is 0.324 e. The van der Waals surface area contributed by atoms with E-state index in [1.165, 1.54) is 0 Å². The number of ether oxygens (including phenoxy) is 1. The fourth-order valence-corrected chi connectivity index (χ4v) is 3.23. The number of carboxylic acid groups (broad SMARTS) is 1. The SMILES string of the molecule is CNC1(C(=O)O)CCCC1CCOc1cccc(C)c1F. The number of hydrogen-bond donors (Lipinski definition) is 2. The highest BCUT2D eigenvalue weighted by molar-refractivity contribution is 5.79. The normalized spacial score (nSPS) is 25.0. The van der Waals surface area contributed by atoms with Gasteiger partial charge in [-0.1, -0.05) is 18.6 Å². The predicted molar refractivity (Wildman–Crippen MR) is 78.0 cm³/mol. The van der Waals surface area contributed by atoms with Gasteiger partial charge < -0.3 is 15.2 Å². The lowest BCUT2D eigenvalue weighted by molar-refractivity contribution is -0.146. The van der Waals surface area contributed by atoms with E-state index in [0.717, 1.165) is 12.8 Å². The molecule has 0 aromatic heterocycles. The topological polar surface area (TPSA) is 58.6 Å². The van der Waals surface area contributed by atoms with Gasteiger partial charge in [-0.3, -0.25) is 4.79 Å². The Morgan fingerprint density at radius 2 is 2.33 bits per heavy atom. The van der Waals surface area contributed by atoms with Crippen molar-refractivity contribution in [3.8, 4) is 5.75 Å². The van der Waals surface area contributed by atoms with E-state index >= 15 is 0 Å². The molecule has 0 bridgehead atoms. The number of rotatable bonds is 6. The van der Waals surface area contributed by atoms with Crippen LogP contribution in [0.5, 0.6) is 5.75 Å². The van der Waals surface area contributed by atoms with Gasteiger partial charge in [0.05, 0.1) is 6.61 Å². The summed E-state index contributed by atoms with van der Waals surface area (Å²) >= 11 is 0. The minimum absolute atomic E-state index is 0.00729. The fraction of sp³-hybridized carbons (Fsp3) is 0.562. The molecule has 1 aromatic carbocycles. The Labute approximate surface area is 124 Å². The first-order valence-corrected chi connectivity index (χ1v) is 7.31. The quantitative estimate of drug-likeness (QED) is 0.847. The van der Waals surface area contributed by atoms with Crippen molar-refractivity contribution in [1.29, 1.82) is 0 Å². The highest BCUT2D eigenvalue weighted by atomic mass is 19.1. The number of carbonyl (C=O) groups is 1. The Hall–Kier alpha value is -1.62. The minimum Gasteiger partial charge on any atom is -0.490 e. The average Bonchev–Trinajstić information content (AvgIpc) is 2.88. The summed E-state index contributed by atoms with van der Waals surface area (Å²) in [6, 6.07) is 5.04. The maximum Gasteiger partial charge on any atom is 0.324 e. The second kappa shape index (κ2) is 6.43. The van der Waals surface area contributed by atoms with Crippen LogP contribution < -0.4 is 10.1 Å². The molecule has 0 heterocycles. The summed E-state index contributed by atoms with van der Waals surface area (Å²) in [6.45, 7) is 2.01. The molecular weight excluding hydrogens is 273 g/mol. The molecule has 2 unspecified atom stereocenters. The first-order valence-electron chi connectivity index (χ1n) is 7.31. The van der Waals surface area contributed by atoms with Crippen LogP contribution in [0, 0.1) is 18.7 Å². The van der Waals surface area contributed by atoms with E-state index < -0.39 is 11.5 Å². The fourth-order valence-electron chi connectivity index (χ4n) is 3.23.